The number of carbonyl (C=O) groups is 1. The molecule has 0 aromatic heterocycles. The lowest BCUT2D eigenvalue weighted by atomic mass is 10.1. The van der Waals surface area contributed by atoms with Crippen molar-refractivity contribution < 1.29 is 23.2 Å². The second-order valence-electron chi connectivity index (χ2n) is 3.94. The van der Waals surface area contributed by atoms with E-state index in [-0.39, 0.29) is 16.9 Å². The molecular weight excluding hydrogens is 343 g/mol. The molecule has 1 amide bonds. The number of rotatable bonds is 3. The summed E-state index contributed by atoms with van der Waals surface area (Å²) in [5.74, 6) is -1.16. The van der Waals surface area contributed by atoms with Gasteiger partial charge in [0.05, 0.1) is 17.7 Å². The smallest absolute Gasteiger partial charge is 0.409 e. The molecule has 0 radical (unpaired) electrons. The van der Waals surface area contributed by atoms with Gasteiger partial charge < -0.3 is 15.8 Å². The van der Waals surface area contributed by atoms with Gasteiger partial charge in [0.1, 0.15) is 0 Å². The number of nitrogens with zero attached hydrogens (tertiary/aromatic N) is 2. The van der Waals surface area contributed by atoms with Crippen LogP contribution in [0, 0.1) is 0 Å². The molecule has 0 aliphatic carbocycles. The van der Waals surface area contributed by atoms with Crippen molar-refractivity contribution in [2.24, 2.45) is 10.9 Å². The van der Waals surface area contributed by atoms with Crippen LogP contribution in [-0.2, 0) is 6.18 Å². The lowest BCUT2D eigenvalue weighted by Gasteiger charge is -2.19. The number of alkyl halides is 3. The molecule has 0 heterocycles. The van der Waals surface area contributed by atoms with Crippen molar-refractivity contribution in [3.63, 3.8) is 0 Å². The van der Waals surface area contributed by atoms with Gasteiger partial charge in [-0.05, 0) is 18.2 Å². The minimum atomic E-state index is -4.66. The average molecular weight is 354 g/mol. The Labute approximate surface area is 121 Å². The number of hydrogen-bond acceptors (Lipinski definition) is 3. The number of amides is 1. The molecule has 20 heavy (non-hydrogen) atoms. The van der Waals surface area contributed by atoms with E-state index in [0.717, 1.165) is 17.0 Å². The van der Waals surface area contributed by atoms with Gasteiger partial charge >= 0.3 is 6.18 Å². The molecule has 110 valence electrons. The largest absolute Gasteiger partial charge is 0.417 e. The molecule has 0 aliphatic rings. The summed E-state index contributed by atoms with van der Waals surface area (Å²) in [7, 11) is 1.25. The number of amidine groups is 1. The monoisotopic (exact) mass is 353 g/mol. The van der Waals surface area contributed by atoms with Gasteiger partial charge in [0.25, 0.3) is 5.91 Å². The van der Waals surface area contributed by atoms with E-state index >= 15 is 0 Å². The van der Waals surface area contributed by atoms with Crippen LogP contribution >= 0.6 is 15.9 Å². The first-order chi connectivity index (χ1) is 9.16. The third-order valence-corrected chi connectivity index (χ3v) is 2.88. The van der Waals surface area contributed by atoms with Crippen LogP contribution in [0.1, 0.15) is 15.9 Å². The predicted molar refractivity (Wildman–Crippen MR) is 69.5 cm³/mol. The Kier molecular flexibility index (Phi) is 4.98. The maximum Gasteiger partial charge on any atom is 0.417 e. The second-order valence-corrected chi connectivity index (χ2v) is 4.86. The molecule has 3 N–H and O–H groups in total. The van der Waals surface area contributed by atoms with Crippen molar-refractivity contribution in [3.05, 3.63) is 33.8 Å². The maximum atomic E-state index is 12.9. The standard InChI is InChI=1S/C11H11BrF3N3O2/c1-18(5-9(16)17-20)10(19)7-3-2-6(12)4-8(7)11(13,14)15/h2-4,20H,5H2,1H3,(H2,16,17). The number of oxime groups is 1. The van der Waals surface area contributed by atoms with Gasteiger partial charge in [0.2, 0.25) is 0 Å². The van der Waals surface area contributed by atoms with Crippen molar-refractivity contribution >= 4 is 27.7 Å². The zero-order valence-corrected chi connectivity index (χ0v) is 11.9. The van der Waals surface area contributed by atoms with Crippen LogP contribution in [0.15, 0.2) is 27.8 Å². The second kappa shape index (κ2) is 6.12. The van der Waals surface area contributed by atoms with Crippen LogP contribution in [0.2, 0.25) is 0 Å². The molecule has 9 heteroatoms. The zero-order chi connectivity index (χ0) is 15.5. The van der Waals surface area contributed by atoms with Crippen molar-refractivity contribution in [3.8, 4) is 0 Å². The highest BCUT2D eigenvalue weighted by Gasteiger charge is 2.36. The number of halogens is 4. The molecule has 0 fully saturated rings. The summed E-state index contributed by atoms with van der Waals surface area (Å²) >= 11 is 2.93. The van der Waals surface area contributed by atoms with Gasteiger partial charge in [0.15, 0.2) is 5.84 Å². The lowest BCUT2D eigenvalue weighted by molar-refractivity contribution is -0.138. The van der Waals surface area contributed by atoms with Crippen molar-refractivity contribution in [1.29, 1.82) is 0 Å². The first-order valence-electron chi connectivity index (χ1n) is 5.25. The highest BCUT2D eigenvalue weighted by molar-refractivity contribution is 9.10. The van der Waals surface area contributed by atoms with E-state index in [1.807, 2.05) is 0 Å². The zero-order valence-electron chi connectivity index (χ0n) is 10.3. The predicted octanol–water partition coefficient (Wildman–Crippen LogP) is 2.29. The third kappa shape index (κ3) is 3.86. The molecule has 0 saturated carbocycles. The van der Waals surface area contributed by atoms with E-state index in [2.05, 4.69) is 21.1 Å². The Morgan fingerprint density at radius 1 is 1.50 bits per heavy atom. The first-order valence-corrected chi connectivity index (χ1v) is 6.04. The summed E-state index contributed by atoms with van der Waals surface area (Å²) in [6.07, 6.45) is -4.66. The Balaban J connectivity index is 3.16. The van der Waals surface area contributed by atoms with Crippen molar-refractivity contribution in [2.45, 2.75) is 6.18 Å². The van der Waals surface area contributed by atoms with E-state index in [9.17, 15) is 18.0 Å². The van der Waals surface area contributed by atoms with E-state index < -0.39 is 23.2 Å². The minimum absolute atomic E-state index is 0.209. The normalized spacial score (nSPS) is 12.3. The molecule has 0 bridgehead atoms. The Bertz CT molecular complexity index is 546. The van der Waals surface area contributed by atoms with Gasteiger partial charge in [-0.3, -0.25) is 4.79 Å². The number of benzene rings is 1. The van der Waals surface area contributed by atoms with Gasteiger partial charge in [-0.1, -0.05) is 21.1 Å². The van der Waals surface area contributed by atoms with Gasteiger partial charge in [-0.25, -0.2) is 0 Å². The van der Waals surface area contributed by atoms with Crippen LogP contribution in [0.25, 0.3) is 0 Å². The number of likely N-dealkylation sites (N-methyl/N-ethyl adjacent to an activating group) is 1. The molecule has 1 aromatic rings. The highest BCUT2D eigenvalue weighted by Crippen LogP contribution is 2.34. The molecule has 1 aromatic carbocycles. The van der Waals surface area contributed by atoms with E-state index in [1.54, 1.807) is 0 Å². The fraction of sp³-hybridized carbons (Fsp3) is 0.273. The van der Waals surface area contributed by atoms with Crippen molar-refractivity contribution in [2.75, 3.05) is 13.6 Å². The molecular formula is C11H11BrF3N3O2. The number of carbonyl (C=O) groups excluding carboxylic acids is 1. The summed E-state index contributed by atoms with van der Waals surface area (Å²) in [5.41, 5.74) is 3.66. The van der Waals surface area contributed by atoms with Crippen LogP contribution < -0.4 is 5.73 Å². The fourth-order valence-electron chi connectivity index (χ4n) is 1.49. The topological polar surface area (TPSA) is 78.9 Å². The molecule has 5 nitrogen and oxygen atoms in total. The van der Waals surface area contributed by atoms with Crippen LogP contribution in [0.3, 0.4) is 0 Å². The quantitative estimate of drug-likeness (QED) is 0.378. The first kappa shape index (κ1) is 16.3. The summed E-state index contributed by atoms with van der Waals surface area (Å²) in [5, 5.41) is 11.1. The molecule has 1 rings (SSSR count). The number of nitrogens with two attached hydrogens (primary N) is 1. The summed E-state index contributed by atoms with van der Waals surface area (Å²) in [6, 6.07) is 3.22. The molecule has 0 unspecified atom stereocenters. The molecule has 0 spiro atoms. The average Bonchev–Trinajstić information content (AvgIpc) is 2.36. The fourth-order valence-corrected chi connectivity index (χ4v) is 1.85. The Hall–Kier alpha value is -1.77. The van der Waals surface area contributed by atoms with Gasteiger partial charge in [0, 0.05) is 11.5 Å². The van der Waals surface area contributed by atoms with Crippen LogP contribution in [0.4, 0.5) is 13.2 Å². The number of hydrogen-bond donors (Lipinski definition) is 2. The Morgan fingerprint density at radius 2 is 2.10 bits per heavy atom. The molecule has 0 saturated heterocycles. The Morgan fingerprint density at radius 3 is 2.60 bits per heavy atom. The van der Waals surface area contributed by atoms with Crippen LogP contribution in [0.5, 0.6) is 0 Å². The van der Waals surface area contributed by atoms with E-state index in [1.165, 1.54) is 13.1 Å². The summed E-state index contributed by atoms with van der Waals surface area (Å²) in [6.45, 7) is -0.289. The summed E-state index contributed by atoms with van der Waals surface area (Å²) in [4.78, 5) is 12.9. The SMILES string of the molecule is CN(C/C(N)=N/O)C(=O)c1ccc(Br)cc1C(F)(F)F. The van der Waals surface area contributed by atoms with E-state index in [4.69, 9.17) is 10.9 Å². The minimum Gasteiger partial charge on any atom is -0.409 e. The lowest BCUT2D eigenvalue weighted by Crippen LogP contribution is -2.36. The van der Waals surface area contributed by atoms with Gasteiger partial charge in [-0.2, -0.15) is 13.2 Å². The summed E-state index contributed by atoms with van der Waals surface area (Å²) < 4.78 is 38.9. The maximum absolute atomic E-state index is 12.9. The van der Waals surface area contributed by atoms with Crippen molar-refractivity contribution in [1.82, 2.24) is 4.90 Å². The van der Waals surface area contributed by atoms with Crippen LogP contribution in [-0.4, -0.2) is 35.4 Å². The highest BCUT2D eigenvalue weighted by atomic mass is 79.9. The molecule has 0 aliphatic heterocycles. The van der Waals surface area contributed by atoms with E-state index in [0.29, 0.717) is 0 Å². The van der Waals surface area contributed by atoms with Gasteiger partial charge in [-0.15, -0.1) is 0 Å². The molecule has 0 atom stereocenters. The third-order valence-electron chi connectivity index (χ3n) is 2.39.